The minimum atomic E-state index is -0.729. The number of H-pyrrole nitrogens is 1. The van der Waals surface area contributed by atoms with Gasteiger partial charge in [0.2, 0.25) is 5.56 Å². The van der Waals surface area contributed by atoms with Crippen LogP contribution in [0.2, 0.25) is 0 Å². The maximum absolute atomic E-state index is 14.0. The maximum atomic E-state index is 14.0. The Morgan fingerprint density at radius 1 is 1.27 bits per heavy atom. The van der Waals surface area contributed by atoms with Crippen LogP contribution in [0.5, 0.6) is 0 Å². The highest BCUT2D eigenvalue weighted by Crippen LogP contribution is 2.22. The second-order valence-electron chi connectivity index (χ2n) is 5.83. The van der Waals surface area contributed by atoms with Crippen molar-refractivity contribution in [2.45, 2.75) is 19.9 Å². The van der Waals surface area contributed by atoms with Gasteiger partial charge in [-0.2, -0.15) is 5.10 Å². The third-order valence-electron chi connectivity index (χ3n) is 4.05. The van der Waals surface area contributed by atoms with Gasteiger partial charge in [-0.05, 0) is 32.0 Å². The van der Waals surface area contributed by atoms with Gasteiger partial charge in [0.05, 0.1) is 17.8 Å². The van der Waals surface area contributed by atoms with Gasteiger partial charge in [0.1, 0.15) is 11.5 Å². The molecule has 8 heteroatoms. The maximum Gasteiger partial charge on any atom is 0.253 e. The standard InChI is InChI=1S/C18H16F2N4O2/c1-10(23-18(26)12-3-6-17(25)21-8-12)14-9-22-24(11(14)2)16-5-4-13(19)7-15(16)20/h3-10H,1-2H3,(H,21,25)(H,23,26). The van der Waals surface area contributed by atoms with Crippen LogP contribution in [0.1, 0.15) is 34.6 Å². The number of carbonyl (C=O) groups is 1. The van der Waals surface area contributed by atoms with Crippen molar-refractivity contribution in [1.29, 1.82) is 0 Å². The lowest BCUT2D eigenvalue weighted by atomic mass is 10.1. The van der Waals surface area contributed by atoms with E-state index in [0.29, 0.717) is 16.8 Å². The van der Waals surface area contributed by atoms with Crippen molar-refractivity contribution in [1.82, 2.24) is 20.1 Å². The van der Waals surface area contributed by atoms with Gasteiger partial charge in [0, 0.05) is 29.6 Å². The number of hydrogen-bond donors (Lipinski definition) is 2. The fourth-order valence-electron chi connectivity index (χ4n) is 2.65. The quantitative estimate of drug-likeness (QED) is 0.752. The van der Waals surface area contributed by atoms with E-state index in [4.69, 9.17) is 0 Å². The first-order chi connectivity index (χ1) is 12.4. The van der Waals surface area contributed by atoms with Crippen LogP contribution in [0, 0.1) is 18.6 Å². The predicted octanol–water partition coefficient (Wildman–Crippen LogP) is 2.64. The summed E-state index contributed by atoms with van der Waals surface area (Å²) in [5, 5.41) is 6.94. The zero-order chi connectivity index (χ0) is 18.8. The van der Waals surface area contributed by atoms with Crippen LogP contribution in [0.15, 0.2) is 47.5 Å². The molecule has 1 amide bonds. The topological polar surface area (TPSA) is 79.8 Å². The van der Waals surface area contributed by atoms with E-state index in [1.807, 2.05) is 0 Å². The molecule has 134 valence electrons. The highest BCUT2D eigenvalue weighted by atomic mass is 19.1. The van der Waals surface area contributed by atoms with Gasteiger partial charge in [0.25, 0.3) is 5.91 Å². The fourth-order valence-corrected chi connectivity index (χ4v) is 2.65. The minimum Gasteiger partial charge on any atom is -0.345 e. The summed E-state index contributed by atoms with van der Waals surface area (Å²) in [5.41, 5.74) is 1.43. The van der Waals surface area contributed by atoms with Gasteiger partial charge in [-0.15, -0.1) is 0 Å². The third-order valence-corrected chi connectivity index (χ3v) is 4.05. The summed E-state index contributed by atoms with van der Waals surface area (Å²) in [4.78, 5) is 25.8. The SMILES string of the molecule is Cc1c(C(C)NC(=O)c2ccc(=O)[nH]c2)cnn1-c1ccc(F)cc1F. The molecule has 0 saturated heterocycles. The van der Waals surface area contributed by atoms with Crippen LogP contribution in [-0.2, 0) is 0 Å². The van der Waals surface area contributed by atoms with Gasteiger partial charge >= 0.3 is 0 Å². The molecule has 0 bridgehead atoms. The second kappa shape index (κ2) is 6.91. The largest absolute Gasteiger partial charge is 0.345 e. The summed E-state index contributed by atoms with van der Waals surface area (Å²) in [7, 11) is 0. The summed E-state index contributed by atoms with van der Waals surface area (Å²) in [6, 6.07) is 5.52. The number of rotatable bonds is 4. The normalized spacial score (nSPS) is 12.0. The lowest BCUT2D eigenvalue weighted by molar-refractivity contribution is 0.0939. The van der Waals surface area contributed by atoms with Crippen molar-refractivity contribution < 1.29 is 13.6 Å². The first-order valence-corrected chi connectivity index (χ1v) is 7.86. The number of nitrogens with zero attached hydrogens (tertiary/aromatic N) is 2. The number of halogens is 2. The van der Waals surface area contributed by atoms with Gasteiger partial charge in [0.15, 0.2) is 5.82 Å². The lowest BCUT2D eigenvalue weighted by Gasteiger charge is -2.14. The monoisotopic (exact) mass is 358 g/mol. The lowest BCUT2D eigenvalue weighted by Crippen LogP contribution is -2.27. The molecule has 1 aromatic carbocycles. The van der Waals surface area contributed by atoms with Crippen molar-refractivity contribution in [3.8, 4) is 5.69 Å². The van der Waals surface area contributed by atoms with Crippen molar-refractivity contribution in [2.24, 2.45) is 0 Å². The number of benzene rings is 1. The Morgan fingerprint density at radius 2 is 2.04 bits per heavy atom. The van der Waals surface area contributed by atoms with Gasteiger partial charge in [-0.1, -0.05) is 0 Å². The minimum absolute atomic E-state index is 0.120. The van der Waals surface area contributed by atoms with Crippen LogP contribution in [0.25, 0.3) is 5.69 Å². The van der Waals surface area contributed by atoms with E-state index in [1.54, 1.807) is 13.8 Å². The van der Waals surface area contributed by atoms with Crippen LogP contribution < -0.4 is 10.9 Å². The fraction of sp³-hybridized carbons (Fsp3) is 0.167. The first kappa shape index (κ1) is 17.5. The molecule has 0 fully saturated rings. The number of carbonyl (C=O) groups excluding carboxylic acids is 1. The molecule has 2 N–H and O–H groups in total. The third kappa shape index (κ3) is 3.39. The van der Waals surface area contributed by atoms with Gasteiger partial charge in [-0.3, -0.25) is 9.59 Å². The van der Waals surface area contributed by atoms with Gasteiger partial charge in [-0.25, -0.2) is 13.5 Å². The first-order valence-electron chi connectivity index (χ1n) is 7.86. The van der Waals surface area contributed by atoms with Crippen molar-refractivity contribution in [3.05, 3.63) is 81.5 Å². The van der Waals surface area contributed by atoms with Crippen LogP contribution >= 0.6 is 0 Å². The molecule has 2 heterocycles. The highest BCUT2D eigenvalue weighted by molar-refractivity contribution is 5.94. The molecular weight excluding hydrogens is 342 g/mol. The van der Waals surface area contributed by atoms with Crippen LogP contribution in [0.3, 0.4) is 0 Å². The Balaban J connectivity index is 1.83. The van der Waals surface area contributed by atoms with Crippen molar-refractivity contribution in [2.75, 3.05) is 0 Å². The Kier molecular flexibility index (Phi) is 4.66. The summed E-state index contributed by atoms with van der Waals surface area (Å²) in [6.07, 6.45) is 2.85. The molecule has 1 unspecified atom stereocenters. The van der Waals surface area contributed by atoms with E-state index >= 15 is 0 Å². The summed E-state index contributed by atoms with van der Waals surface area (Å²) >= 11 is 0. The molecule has 1 atom stereocenters. The van der Waals surface area contributed by atoms with Crippen molar-refractivity contribution in [3.63, 3.8) is 0 Å². The number of nitrogens with one attached hydrogen (secondary N) is 2. The summed E-state index contributed by atoms with van der Waals surface area (Å²) in [5.74, 6) is -1.76. The van der Waals surface area contributed by atoms with Crippen LogP contribution in [0.4, 0.5) is 8.78 Å². The smallest absolute Gasteiger partial charge is 0.253 e. The highest BCUT2D eigenvalue weighted by Gasteiger charge is 2.18. The molecule has 0 spiro atoms. The molecule has 0 aliphatic carbocycles. The van der Waals surface area contributed by atoms with E-state index in [2.05, 4.69) is 15.4 Å². The molecule has 0 saturated carbocycles. The average molecular weight is 358 g/mol. The van der Waals surface area contributed by atoms with E-state index in [0.717, 1.165) is 12.1 Å². The number of hydrogen-bond acceptors (Lipinski definition) is 3. The van der Waals surface area contributed by atoms with E-state index in [1.165, 1.54) is 35.3 Å². The molecule has 2 aromatic heterocycles. The zero-order valence-electron chi connectivity index (χ0n) is 14.1. The van der Waals surface area contributed by atoms with E-state index < -0.39 is 17.7 Å². The molecule has 6 nitrogen and oxygen atoms in total. The Hall–Kier alpha value is -3.29. The average Bonchev–Trinajstić information content (AvgIpc) is 2.97. The number of amides is 1. The Labute approximate surface area is 147 Å². The molecule has 0 aliphatic heterocycles. The second-order valence-corrected chi connectivity index (χ2v) is 5.83. The predicted molar refractivity (Wildman–Crippen MR) is 91.2 cm³/mol. The summed E-state index contributed by atoms with van der Waals surface area (Å²) in [6.45, 7) is 3.49. The molecule has 0 aliphatic rings. The van der Waals surface area contributed by atoms with Crippen molar-refractivity contribution >= 4 is 5.91 Å². The van der Waals surface area contributed by atoms with E-state index in [9.17, 15) is 18.4 Å². The molecular formula is C18H16F2N4O2. The molecule has 0 radical (unpaired) electrons. The Morgan fingerprint density at radius 3 is 2.69 bits per heavy atom. The molecule has 3 aromatic rings. The number of pyridine rings is 1. The van der Waals surface area contributed by atoms with E-state index in [-0.39, 0.29) is 17.2 Å². The van der Waals surface area contributed by atoms with Gasteiger partial charge < -0.3 is 10.3 Å². The Bertz CT molecular complexity index is 1010. The molecule has 3 rings (SSSR count). The summed E-state index contributed by atoms with van der Waals surface area (Å²) < 4.78 is 28.4. The number of aromatic amines is 1. The number of aromatic nitrogens is 3. The molecule has 26 heavy (non-hydrogen) atoms. The zero-order valence-corrected chi connectivity index (χ0v) is 14.1. The van der Waals surface area contributed by atoms with Crippen LogP contribution in [-0.4, -0.2) is 20.7 Å².